The Balaban J connectivity index is 3.07. The second kappa shape index (κ2) is 4.89. The van der Waals surface area contributed by atoms with Crippen LogP contribution in [0.2, 0.25) is 0 Å². The molecule has 18 heavy (non-hydrogen) atoms. The maximum absolute atomic E-state index is 12.4. The minimum atomic E-state index is -4.45. The molecule has 0 aliphatic heterocycles. The van der Waals surface area contributed by atoms with Gasteiger partial charge in [-0.25, -0.2) is 8.42 Å². The summed E-state index contributed by atoms with van der Waals surface area (Å²) in [7, 11) is -3.40. The summed E-state index contributed by atoms with van der Waals surface area (Å²) in [5.41, 5.74) is -0.426. The third-order valence-electron chi connectivity index (χ3n) is 2.42. The molecule has 1 unspecified atom stereocenters. The van der Waals surface area contributed by atoms with Crippen LogP contribution in [0.1, 0.15) is 22.8 Å². The van der Waals surface area contributed by atoms with E-state index < -0.39 is 33.4 Å². The van der Waals surface area contributed by atoms with Crippen molar-refractivity contribution >= 4 is 9.84 Å². The van der Waals surface area contributed by atoms with E-state index in [2.05, 4.69) is 0 Å². The summed E-state index contributed by atoms with van der Waals surface area (Å²) >= 11 is 0. The molecular formula is C11H13F3O3S. The summed E-state index contributed by atoms with van der Waals surface area (Å²) < 4.78 is 59.3. The van der Waals surface area contributed by atoms with Crippen molar-refractivity contribution in [3.8, 4) is 0 Å². The lowest BCUT2D eigenvalue weighted by atomic mass is 10.0. The molecule has 1 atom stereocenters. The topological polar surface area (TPSA) is 54.4 Å². The fourth-order valence-electron chi connectivity index (χ4n) is 1.60. The van der Waals surface area contributed by atoms with Crippen molar-refractivity contribution in [2.75, 3.05) is 12.0 Å². The van der Waals surface area contributed by atoms with Gasteiger partial charge in [0.1, 0.15) is 9.84 Å². The predicted molar refractivity (Wildman–Crippen MR) is 60.9 cm³/mol. The molecule has 0 spiro atoms. The number of alkyl halides is 3. The highest BCUT2D eigenvalue weighted by molar-refractivity contribution is 7.90. The molecule has 0 aromatic heterocycles. The quantitative estimate of drug-likeness (QED) is 0.923. The molecule has 0 heterocycles. The van der Waals surface area contributed by atoms with Gasteiger partial charge in [-0.15, -0.1) is 0 Å². The van der Waals surface area contributed by atoms with Crippen LogP contribution in [0, 0.1) is 6.92 Å². The van der Waals surface area contributed by atoms with Gasteiger partial charge >= 0.3 is 6.18 Å². The summed E-state index contributed by atoms with van der Waals surface area (Å²) in [5, 5.41) is 9.67. The number of halogens is 3. The maximum Gasteiger partial charge on any atom is 0.416 e. The largest absolute Gasteiger partial charge is 0.416 e. The second-order valence-corrected chi connectivity index (χ2v) is 6.36. The minimum absolute atomic E-state index is 0.188. The lowest BCUT2D eigenvalue weighted by molar-refractivity contribution is -0.137. The van der Waals surface area contributed by atoms with Gasteiger partial charge in [0, 0.05) is 6.26 Å². The first-order chi connectivity index (χ1) is 8.00. The van der Waals surface area contributed by atoms with Gasteiger partial charge in [-0.05, 0) is 30.2 Å². The van der Waals surface area contributed by atoms with E-state index in [1.165, 1.54) is 6.92 Å². The van der Waals surface area contributed by atoms with E-state index in [0.29, 0.717) is 0 Å². The zero-order valence-corrected chi connectivity index (χ0v) is 10.6. The molecule has 0 aliphatic rings. The highest BCUT2D eigenvalue weighted by Gasteiger charge is 2.31. The lowest BCUT2D eigenvalue weighted by Gasteiger charge is -2.15. The third kappa shape index (κ3) is 3.99. The number of rotatable bonds is 3. The number of hydrogen-bond acceptors (Lipinski definition) is 3. The van der Waals surface area contributed by atoms with Crippen LogP contribution < -0.4 is 0 Å². The van der Waals surface area contributed by atoms with E-state index in [4.69, 9.17) is 0 Å². The molecule has 0 amide bonds. The number of aryl methyl sites for hydroxylation is 1. The summed E-state index contributed by atoms with van der Waals surface area (Å²) in [6, 6.07) is 2.82. The van der Waals surface area contributed by atoms with Gasteiger partial charge in [0.25, 0.3) is 0 Å². The number of aliphatic hydroxyl groups is 1. The van der Waals surface area contributed by atoms with Crippen LogP contribution >= 0.6 is 0 Å². The van der Waals surface area contributed by atoms with Crippen LogP contribution in [0.3, 0.4) is 0 Å². The van der Waals surface area contributed by atoms with Crippen LogP contribution in [0.25, 0.3) is 0 Å². The first-order valence-corrected chi connectivity index (χ1v) is 7.10. The predicted octanol–water partition coefficient (Wildman–Crippen LogP) is 2.09. The zero-order chi connectivity index (χ0) is 14.1. The van der Waals surface area contributed by atoms with Gasteiger partial charge in [0.05, 0.1) is 17.4 Å². The first-order valence-electron chi connectivity index (χ1n) is 5.04. The highest BCUT2D eigenvalue weighted by Crippen LogP contribution is 2.31. The van der Waals surface area contributed by atoms with Gasteiger partial charge in [-0.3, -0.25) is 0 Å². The Morgan fingerprint density at radius 2 is 1.89 bits per heavy atom. The molecule has 1 rings (SSSR count). The Morgan fingerprint density at radius 1 is 1.33 bits per heavy atom. The molecule has 1 aromatic carbocycles. The van der Waals surface area contributed by atoms with Crippen LogP contribution in [-0.4, -0.2) is 25.5 Å². The molecule has 0 aliphatic carbocycles. The average Bonchev–Trinajstić information content (AvgIpc) is 2.12. The van der Waals surface area contributed by atoms with E-state index in [0.717, 1.165) is 24.5 Å². The van der Waals surface area contributed by atoms with E-state index in [1.54, 1.807) is 0 Å². The van der Waals surface area contributed by atoms with Crippen LogP contribution in [-0.2, 0) is 16.0 Å². The second-order valence-electron chi connectivity index (χ2n) is 4.18. The highest BCUT2D eigenvalue weighted by atomic mass is 32.2. The number of aliphatic hydroxyl groups excluding tert-OH is 1. The normalized spacial score (nSPS) is 14.6. The van der Waals surface area contributed by atoms with Gasteiger partial charge in [0.2, 0.25) is 0 Å². The van der Waals surface area contributed by atoms with E-state index >= 15 is 0 Å². The van der Waals surface area contributed by atoms with Crippen LogP contribution in [0.5, 0.6) is 0 Å². The van der Waals surface area contributed by atoms with Gasteiger partial charge in [0.15, 0.2) is 0 Å². The third-order valence-corrected chi connectivity index (χ3v) is 3.34. The summed E-state index contributed by atoms with van der Waals surface area (Å²) in [4.78, 5) is 0. The van der Waals surface area contributed by atoms with Crippen molar-refractivity contribution < 1.29 is 26.7 Å². The van der Waals surface area contributed by atoms with E-state index in [9.17, 15) is 26.7 Å². The number of sulfone groups is 1. The smallest absolute Gasteiger partial charge is 0.387 e. The number of hydrogen-bond donors (Lipinski definition) is 1. The van der Waals surface area contributed by atoms with E-state index in [-0.39, 0.29) is 11.1 Å². The summed E-state index contributed by atoms with van der Waals surface area (Å²) in [6.45, 7) is 1.40. The van der Waals surface area contributed by atoms with Crippen molar-refractivity contribution in [2.45, 2.75) is 19.2 Å². The maximum atomic E-state index is 12.4. The Hall–Kier alpha value is -1.08. The molecule has 7 heteroatoms. The van der Waals surface area contributed by atoms with Crippen molar-refractivity contribution in [3.63, 3.8) is 0 Å². The summed E-state index contributed by atoms with van der Waals surface area (Å²) in [6.07, 6.45) is -4.82. The lowest BCUT2D eigenvalue weighted by Crippen LogP contribution is -2.14. The molecule has 1 N–H and O–H groups in total. The molecule has 0 saturated carbocycles. The summed E-state index contributed by atoms with van der Waals surface area (Å²) in [5.74, 6) is -0.515. The average molecular weight is 282 g/mol. The Bertz CT molecular complexity index is 535. The molecule has 0 fully saturated rings. The molecule has 102 valence electrons. The first kappa shape index (κ1) is 15.0. The number of benzene rings is 1. The van der Waals surface area contributed by atoms with E-state index in [1.807, 2.05) is 0 Å². The van der Waals surface area contributed by atoms with Gasteiger partial charge in [-0.1, -0.05) is 6.07 Å². The minimum Gasteiger partial charge on any atom is -0.387 e. The van der Waals surface area contributed by atoms with Crippen molar-refractivity contribution in [2.24, 2.45) is 0 Å². The molecule has 0 saturated heterocycles. The van der Waals surface area contributed by atoms with Crippen molar-refractivity contribution in [1.82, 2.24) is 0 Å². The van der Waals surface area contributed by atoms with Crippen molar-refractivity contribution in [1.29, 1.82) is 0 Å². The van der Waals surface area contributed by atoms with Crippen molar-refractivity contribution in [3.05, 3.63) is 34.9 Å². The fourth-order valence-corrected chi connectivity index (χ4v) is 2.36. The van der Waals surface area contributed by atoms with Gasteiger partial charge < -0.3 is 5.11 Å². The molecule has 0 bridgehead atoms. The van der Waals surface area contributed by atoms with Gasteiger partial charge in [-0.2, -0.15) is 13.2 Å². The van der Waals surface area contributed by atoms with Crippen LogP contribution in [0.15, 0.2) is 18.2 Å². The SMILES string of the molecule is Cc1cc(C(F)(F)F)ccc1C(O)CS(C)(=O)=O. The monoisotopic (exact) mass is 282 g/mol. The molecule has 0 radical (unpaired) electrons. The molecule has 3 nitrogen and oxygen atoms in total. The van der Waals surface area contributed by atoms with Crippen LogP contribution in [0.4, 0.5) is 13.2 Å². The Morgan fingerprint density at radius 3 is 2.28 bits per heavy atom. The fraction of sp³-hybridized carbons (Fsp3) is 0.455. The Kier molecular flexibility index (Phi) is 4.07. The Labute approximate surface area is 103 Å². The molecule has 1 aromatic rings. The standard InChI is InChI=1S/C11H13F3O3S/c1-7-5-8(11(12,13)14)3-4-9(7)10(15)6-18(2,16)17/h3-5,10,15H,6H2,1-2H3. The zero-order valence-electron chi connectivity index (χ0n) is 9.82. The molecular weight excluding hydrogens is 269 g/mol.